The van der Waals surface area contributed by atoms with Crippen LogP contribution in [0.1, 0.15) is 43.7 Å². The lowest BCUT2D eigenvalue weighted by Gasteiger charge is -2.27. The minimum Gasteiger partial charge on any atom is -0.391 e. The third-order valence-corrected chi connectivity index (χ3v) is 4.16. The molecule has 2 aliphatic rings. The van der Waals surface area contributed by atoms with Crippen molar-refractivity contribution < 1.29 is 5.11 Å². The number of hydrogen-bond donors (Lipinski definition) is 1. The average molecular weight is 235 g/mol. The van der Waals surface area contributed by atoms with Crippen LogP contribution in [-0.2, 0) is 13.0 Å². The Morgan fingerprint density at radius 1 is 1.47 bits per heavy atom. The van der Waals surface area contributed by atoms with Crippen LogP contribution in [0.3, 0.4) is 0 Å². The second-order valence-corrected chi connectivity index (χ2v) is 5.20. The monoisotopic (exact) mass is 235 g/mol. The maximum Gasteiger partial charge on any atom is 0.126 e. The van der Waals surface area contributed by atoms with Crippen molar-refractivity contribution in [2.75, 3.05) is 13.1 Å². The fourth-order valence-corrected chi connectivity index (χ4v) is 3.22. The lowest BCUT2D eigenvalue weighted by molar-refractivity contribution is 0.126. The van der Waals surface area contributed by atoms with Gasteiger partial charge in [-0.1, -0.05) is 6.92 Å². The van der Waals surface area contributed by atoms with Gasteiger partial charge in [0.25, 0.3) is 0 Å². The van der Waals surface area contributed by atoms with E-state index in [0.717, 1.165) is 25.9 Å². The van der Waals surface area contributed by atoms with Crippen LogP contribution < -0.4 is 0 Å². The van der Waals surface area contributed by atoms with Crippen molar-refractivity contribution >= 4 is 0 Å². The highest BCUT2D eigenvalue weighted by Crippen LogP contribution is 2.32. The summed E-state index contributed by atoms with van der Waals surface area (Å²) in [5, 5.41) is 9.80. The fraction of sp³-hybridized carbons (Fsp3) is 0.769. The first-order valence-electron chi connectivity index (χ1n) is 6.76. The van der Waals surface area contributed by atoms with Gasteiger partial charge in [-0.25, -0.2) is 4.98 Å². The van der Waals surface area contributed by atoms with Crippen molar-refractivity contribution in [3.63, 3.8) is 0 Å². The van der Waals surface area contributed by atoms with Crippen LogP contribution in [0, 0.1) is 0 Å². The Morgan fingerprint density at radius 3 is 3.18 bits per heavy atom. The summed E-state index contributed by atoms with van der Waals surface area (Å²) in [7, 11) is 0. The second kappa shape index (κ2) is 4.42. The quantitative estimate of drug-likeness (QED) is 0.841. The Hall–Kier alpha value is -0.870. The van der Waals surface area contributed by atoms with Gasteiger partial charge in [0.05, 0.1) is 18.7 Å². The zero-order valence-corrected chi connectivity index (χ0v) is 10.5. The van der Waals surface area contributed by atoms with E-state index >= 15 is 0 Å². The van der Waals surface area contributed by atoms with Crippen LogP contribution in [-0.4, -0.2) is 38.8 Å². The number of hydrogen-bond acceptors (Lipinski definition) is 3. The van der Waals surface area contributed by atoms with Gasteiger partial charge in [0.15, 0.2) is 0 Å². The van der Waals surface area contributed by atoms with Crippen molar-refractivity contribution in [2.24, 2.45) is 0 Å². The molecule has 0 aliphatic carbocycles. The largest absolute Gasteiger partial charge is 0.391 e. The molecule has 2 unspecified atom stereocenters. The summed E-state index contributed by atoms with van der Waals surface area (Å²) in [6, 6.07) is 0.471. The van der Waals surface area contributed by atoms with Gasteiger partial charge in [0.2, 0.25) is 0 Å². The molecule has 17 heavy (non-hydrogen) atoms. The Labute approximate surface area is 102 Å². The molecule has 94 valence electrons. The molecule has 0 saturated carbocycles. The molecule has 1 fully saturated rings. The number of aliphatic hydroxyl groups is 1. The average Bonchev–Trinajstić information content (AvgIpc) is 2.93. The van der Waals surface area contributed by atoms with E-state index in [2.05, 4.69) is 21.4 Å². The van der Waals surface area contributed by atoms with Crippen LogP contribution in [0.4, 0.5) is 0 Å². The van der Waals surface area contributed by atoms with E-state index in [1.165, 1.54) is 30.9 Å². The molecule has 0 spiro atoms. The highest BCUT2D eigenvalue weighted by atomic mass is 16.3. The molecule has 0 amide bonds. The normalized spacial score (nSPS) is 29.5. The first kappa shape index (κ1) is 11.2. The second-order valence-electron chi connectivity index (χ2n) is 5.20. The van der Waals surface area contributed by atoms with Crippen LogP contribution in [0.2, 0.25) is 0 Å². The zero-order valence-electron chi connectivity index (χ0n) is 10.5. The highest BCUT2D eigenvalue weighted by molar-refractivity contribution is 5.13. The molecule has 2 aliphatic heterocycles. The summed E-state index contributed by atoms with van der Waals surface area (Å²) in [4.78, 5) is 7.12. The summed E-state index contributed by atoms with van der Waals surface area (Å²) in [5.41, 5.74) is 1.30. The molecule has 1 N–H and O–H groups in total. The summed E-state index contributed by atoms with van der Waals surface area (Å²) >= 11 is 0. The molecular formula is C13H21N3O. The minimum absolute atomic E-state index is 0.188. The number of imidazole rings is 1. The zero-order chi connectivity index (χ0) is 11.8. The van der Waals surface area contributed by atoms with Crippen molar-refractivity contribution in [3.05, 3.63) is 17.7 Å². The molecule has 3 rings (SSSR count). The predicted octanol–water partition coefficient (Wildman–Crippen LogP) is 1.35. The van der Waals surface area contributed by atoms with Crippen molar-refractivity contribution in [3.8, 4) is 0 Å². The molecule has 1 aromatic rings. The molecule has 3 heterocycles. The number of likely N-dealkylation sites (tertiary alicyclic amines) is 1. The molecule has 4 nitrogen and oxygen atoms in total. The van der Waals surface area contributed by atoms with Gasteiger partial charge in [-0.2, -0.15) is 0 Å². The predicted molar refractivity (Wildman–Crippen MR) is 65.8 cm³/mol. The number of fused-ring (bicyclic) bond motifs is 1. The van der Waals surface area contributed by atoms with E-state index in [4.69, 9.17) is 0 Å². The third-order valence-electron chi connectivity index (χ3n) is 4.16. The topological polar surface area (TPSA) is 41.3 Å². The first-order valence-corrected chi connectivity index (χ1v) is 6.76. The fourth-order valence-electron chi connectivity index (χ4n) is 3.22. The summed E-state index contributed by atoms with van der Waals surface area (Å²) in [5.74, 6) is 1.18. The van der Waals surface area contributed by atoms with E-state index in [0.29, 0.717) is 6.04 Å². The Morgan fingerprint density at radius 2 is 2.35 bits per heavy atom. The summed E-state index contributed by atoms with van der Waals surface area (Å²) < 4.78 is 2.26. The molecule has 0 aromatic carbocycles. The standard InChI is InChI=1S/C13H21N3O/c1-2-15-7-3-4-12(15)13-14-8-10-5-6-11(17)9-16(10)13/h8,11-12,17H,2-7,9H2,1H3. The van der Waals surface area contributed by atoms with Gasteiger partial charge in [-0.05, 0) is 38.8 Å². The molecule has 0 radical (unpaired) electrons. The van der Waals surface area contributed by atoms with E-state index in [9.17, 15) is 5.11 Å². The van der Waals surface area contributed by atoms with Gasteiger partial charge >= 0.3 is 0 Å². The van der Waals surface area contributed by atoms with E-state index in [1.54, 1.807) is 0 Å². The van der Waals surface area contributed by atoms with Gasteiger partial charge in [0, 0.05) is 11.9 Å². The smallest absolute Gasteiger partial charge is 0.126 e. The summed E-state index contributed by atoms with van der Waals surface area (Å²) in [6.07, 6.45) is 6.14. The number of aromatic nitrogens is 2. The van der Waals surface area contributed by atoms with Crippen LogP contribution in [0.15, 0.2) is 6.20 Å². The van der Waals surface area contributed by atoms with Gasteiger partial charge in [-0.15, -0.1) is 0 Å². The minimum atomic E-state index is -0.188. The van der Waals surface area contributed by atoms with E-state index in [-0.39, 0.29) is 6.10 Å². The van der Waals surface area contributed by atoms with Gasteiger partial charge in [0.1, 0.15) is 5.82 Å². The number of nitrogens with zero attached hydrogens (tertiary/aromatic N) is 3. The Balaban J connectivity index is 1.90. The lowest BCUT2D eigenvalue weighted by Crippen LogP contribution is -2.30. The van der Waals surface area contributed by atoms with Crippen LogP contribution in [0.25, 0.3) is 0 Å². The van der Waals surface area contributed by atoms with E-state index < -0.39 is 0 Å². The molecule has 4 heteroatoms. The van der Waals surface area contributed by atoms with Crippen molar-refractivity contribution in [2.45, 2.75) is 51.3 Å². The van der Waals surface area contributed by atoms with Gasteiger partial charge in [-0.3, -0.25) is 4.90 Å². The molecule has 2 atom stereocenters. The molecule has 1 aromatic heterocycles. The van der Waals surface area contributed by atoms with E-state index in [1.807, 2.05) is 6.20 Å². The Bertz CT molecular complexity index is 401. The first-order chi connectivity index (χ1) is 8.29. The highest BCUT2D eigenvalue weighted by Gasteiger charge is 2.30. The van der Waals surface area contributed by atoms with Crippen molar-refractivity contribution in [1.82, 2.24) is 14.5 Å². The van der Waals surface area contributed by atoms with Gasteiger partial charge < -0.3 is 9.67 Å². The molecule has 0 bridgehead atoms. The Kier molecular flexibility index (Phi) is 2.92. The maximum absolute atomic E-state index is 9.80. The SMILES string of the molecule is CCN1CCCC1c1ncc2n1CC(O)CC2. The number of rotatable bonds is 2. The third kappa shape index (κ3) is 1.89. The van der Waals surface area contributed by atoms with Crippen molar-refractivity contribution in [1.29, 1.82) is 0 Å². The molecule has 1 saturated heterocycles. The molecular weight excluding hydrogens is 214 g/mol. The summed E-state index contributed by atoms with van der Waals surface area (Å²) in [6.45, 7) is 5.23. The maximum atomic E-state index is 9.80. The van der Waals surface area contributed by atoms with Crippen LogP contribution in [0.5, 0.6) is 0 Å². The number of aryl methyl sites for hydroxylation is 1. The van der Waals surface area contributed by atoms with Crippen LogP contribution >= 0.6 is 0 Å². The lowest BCUT2D eigenvalue weighted by atomic mass is 10.1. The number of aliphatic hydroxyl groups excluding tert-OH is 1.